The van der Waals surface area contributed by atoms with Crippen molar-refractivity contribution >= 4 is 28.1 Å². The van der Waals surface area contributed by atoms with Crippen molar-refractivity contribution in [3.05, 3.63) is 70.9 Å². The zero-order chi connectivity index (χ0) is 15.0. The van der Waals surface area contributed by atoms with Gasteiger partial charge in [0.2, 0.25) is 0 Å². The van der Waals surface area contributed by atoms with Crippen LogP contribution in [-0.2, 0) is 6.54 Å². The standard InChI is InChI=1S/C18H18N2S/c1-12-8-13(2)10-14(9-12)11-20-7-6-15-16(18(19)21)4-3-5-17(15)20/h3-10H,11H2,1-2H3,(H2,19,21). The monoisotopic (exact) mass is 294 g/mol. The number of aryl methyl sites for hydroxylation is 2. The summed E-state index contributed by atoms with van der Waals surface area (Å²) >= 11 is 5.13. The molecule has 1 heterocycles. The molecule has 0 atom stereocenters. The minimum absolute atomic E-state index is 0.449. The largest absolute Gasteiger partial charge is 0.389 e. The molecule has 2 nitrogen and oxygen atoms in total. The molecule has 1 aromatic heterocycles. The SMILES string of the molecule is Cc1cc(C)cc(Cn2ccc3c(C(N)=S)cccc32)c1. The molecule has 0 aliphatic heterocycles. The molecule has 3 aromatic rings. The number of aromatic nitrogens is 1. The van der Waals surface area contributed by atoms with Crippen molar-refractivity contribution in [2.24, 2.45) is 5.73 Å². The summed E-state index contributed by atoms with van der Waals surface area (Å²) in [6.45, 7) is 5.12. The molecule has 3 rings (SSSR count). The number of thiocarbonyl (C=S) groups is 1. The lowest BCUT2D eigenvalue weighted by Crippen LogP contribution is -2.09. The van der Waals surface area contributed by atoms with Gasteiger partial charge in [-0.05, 0) is 31.5 Å². The molecule has 0 aliphatic carbocycles. The van der Waals surface area contributed by atoms with Crippen LogP contribution in [0, 0.1) is 13.8 Å². The van der Waals surface area contributed by atoms with E-state index in [2.05, 4.69) is 54.9 Å². The Labute approximate surface area is 130 Å². The van der Waals surface area contributed by atoms with Crippen molar-refractivity contribution in [3.8, 4) is 0 Å². The van der Waals surface area contributed by atoms with Crippen LogP contribution >= 0.6 is 12.2 Å². The summed E-state index contributed by atoms with van der Waals surface area (Å²) in [5.41, 5.74) is 11.8. The lowest BCUT2D eigenvalue weighted by atomic mass is 10.1. The lowest BCUT2D eigenvalue weighted by Gasteiger charge is -2.09. The van der Waals surface area contributed by atoms with Gasteiger partial charge in [-0.3, -0.25) is 0 Å². The van der Waals surface area contributed by atoms with Gasteiger partial charge in [0.05, 0.1) is 0 Å². The third-order valence-electron chi connectivity index (χ3n) is 3.71. The number of rotatable bonds is 3. The van der Waals surface area contributed by atoms with E-state index in [-0.39, 0.29) is 0 Å². The van der Waals surface area contributed by atoms with E-state index in [1.54, 1.807) is 0 Å². The van der Waals surface area contributed by atoms with Crippen LogP contribution in [0.3, 0.4) is 0 Å². The fraction of sp³-hybridized carbons (Fsp3) is 0.167. The van der Waals surface area contributed by atoms with Gasteiger partial charge in [0.15, 0.2) is 0 Å². The van der Waals surface area contributed by atoms with E-state index in [0.29, 0.717) is 4.99 Å². The van der Waals surface area contributed by atoms with E-state index in [4.69, 9.17) is 18.0 Å². The highest BCUT2D eigenvalue weighted by Crippen LogP contribution is 2.22. The Morgan fingerprint density at radius 2 is 1.81 bits per heavy atom. The smallest absolute Gasteiger partial charge is 0.104 e. The van der Waals surface area contributed by atoms with Crippen molar-refractivity contribution in [2.45, 2.75) is 20.4 Å². The number of benzene rings is 2. The summed E-state index contributed by atoms with van der Waals surface area (Å²) in [6.07, 6.45) is 2.10. The Morgan fingerprint density at radius 1 is 1.10 bits per heavy atom. The Balaban J connectivity index is 2.05. The van der Waals surface area contributed by atoms with Gasteiger partial charge in [-0.1, -0.05) is 53.7 Å². The van der Waals surface area contributed by atoms with Crippen molar-refractivity contribution in [1.82, 2.24) is 4.57 Å². The van der Waals surface area contributed by atoms with Crippen LogP contribution in [0.1, 0.15) is 22.3 Å². The van der Waals surface area contributed by atoms with Gasteiger partial charge in [-0.15, -0.1) is 0 Å². The summed E-state index contributed by atoms with van der Waals surface area (Å²) < 4.78 is 2.24. The summed E-state index contributed by atoms with van der Waals surface area (Å²) in [4.78, 5) is 0.449. The molecule has 0 bridgehead atoms. The second-order valence-corrected chi connectivity index (χ2v) is 5.98. The minimum Gasteiger partial charge on any atom is -0.389 e. The molecule has 0 fully saturated rings. The lowest BCUT2D eigenvalue weighted by molar-refractivity contribution is 0.834. The number of nitrogens with two attached hydrogens (primary N) is 1. The zero-order valence-corrected chi connectivity index (χ0v) is 13.1. The van der Waals surface area contributed by atoms with Crippen LogP contribution in [0.4, 0.5) is 0 Å². The molecule has 0 amide bonds. The Kier molecular flexibility index (Phi) is 3.52. The summed E-state index contributed by atoms with van der Waals surface area (Å²) in [5.74, 6) is 0. The van der Waals surface area contributed by atoms with Crippen LogP contribution in [0.2, 0.25) is 0 Å². The first-order valence-electron chi connectivity index (χ1n) is 6.99. The van der Waals surface area contributed by atoms with Crippen molar-refractivity contribution in [3.63, 3.8) is 0 Å². The van der Waals surface area contributed by atoms with Gasteiger partial charge < -0.3 is 10.3 Å². The van der Waals surface area contributed by atoms with Gasteiger partial charge in [-0.25, -0.2) is 0 Å². The van der Waals surface area contributed by atoms with Crippen molar-refractivity contribution in [2.75, 3.05) is 0 Å². The van der Waals surface area contributed by atoms with Crippen LogP contribution in [-0.4, -0.2) is 9.56 Å². The van der Waals surface area contributed by atoms with E-state index in [1.807, 2.05) is 12.1 Å². The minimum atomic E-state index is 0.449. The third kappa shape index (κ3) is 2.69. The van der Waals surface area contributed by atoms with Crippen LogP contribution in [0.15, 0.2) is 48.7 Å². The fourth-order valence-corrected chi connectivity index (χ4v) is 3.11. The molecule has 0 saturated carbocycles. The van der Waals surface area contributed by atoms with Crippen molar-refractivity contribution < 1.29 is 0 Å². The second kappa shape index (κ2) is 5.34. The maximum absolute atomic E-state index is 5.80. The van der Waals surface area contributed by atoms with E-state index in [9.17, 15) is 0 Å². The first kappa shape index (κ1) is 13.8. The van der Waals surface area contributed by atoms with Crippen LogP contribution in [0.25, 0.3) is 10.9 Å². The fourth-order valence-electron chi connectivity index (χ4n) is 2.93. The molecule has 0 saturated heterocycles. The van der Waals surface area contributed by atoms with E-state index in [0.717, 1.165) is 17.5 Å². The quantitative estimate of drug-likeness (QED) is 0.742. The zero-order valence-electron chi connectivity index (χ0n) is 12.3. The van der Waals surface area contributed by atoms with E-state index in [1.165, 1.54) is 22.2 Å². The number of nitrogens with zero attached hydrogens (tertiary/aromatic N) is 1. The predicted molar refractivity (Wildman–Crippen MR) is 92.8 cm³/mol. The Morgan fingerprint density at radius 3 is 2.48 bits per heavy atom. The molecule has 2 N–H and O–H groups in total. The van der Waals surface area contributed by atoms with Gasteiger partial charge in [0, 0.05) is 29.2 Å². The number of fused-ring (bicyclic) bond motifs is 1. The molecule has 0 spiro atoms. The summed E-state index contributed by atoms with van der Waals surface area (Å²) in [7, 11) is 0. The maximum atomic E-state index is 5.80. The first-order chi connectivity index (χ1) is 10.0. The normalized spacial score (nSPS) is 11.0. The van der Waals surface area contributed by atoms with Gasteiger partial charge in [0.1, 0.15) is 4.99 Å². The Hall–Kier alpha value is -2.13. The topological polar surface area (TPSA) is 30.9 Å². The molecule has 21 heavy (non-hydrogen) atoms. The first-order valence-corrected chi connectivity index (χ1v) is 7.40. The third-order valence-corrected chi connectivity index (χ3v) is 3.93. The van der Waals surface area contributed by atoms with Crippen LogP contribution in [0.5, 0.6) is 0 Å². The average molecular weight is 294 g/mol. The van der Waals surface area contributed by atoms with Gasteiger partial charge >= 0.3 is 0 Å². The highest BCUT2D eigenvalue weighted by molar-refractivity contribution is 7.80. The molecular formula is C18H18N2S. The molecule has 3 heteroatoms. The molecular weight excluding hydrogens is 276 g/mol. The van der Waals surface area contributed by atoms with E-state index >= 15 is 0 Å². The molecule has 0 unspecified atom stereocenters. The molecule has 2 aromatic carbocycles. The van der Waals surface area contributed by atoms with Crippen molar-refractivity contribution in [1.29, 1.82) is 0 Å². The average Bonchev–Trinajstić information content (AvgIpc) is 2.80. The molecule has 0 aliphatic rings. The van der Waals surface area contributed by atoms with Gasteiger partial charge in [0.25, 0.3) is 0 Å². The second-order valence-electron chi connectivity index (χ2n) is 5.54. The molecule has 0 radical (unpaired) electrons. The number of hydrogen-bond donors (Lipinski definition) is 1. The predicted octanol–water partition coefficient (Wildman–Crippen LogP) is 3.94. The summed E-state index contributed by atoms with van der Waals surface area (Å²) in [6, 6.07) is 14.8. The highest BCUT2D eigenvalue weighted by Gasteiger charge is 2.08. The summed E-state index contributed by atoms with van der Waals surface area (Å²) in [5, 5.41) is 1.12. The van der Waals surface area contributed by atoms with Gasteiger partial charge in [-0.2, -0.15) is 0 Å². The van der Waals surface area contributed by atoms with Crippen LogP contribution < -0.4 is 5.73 Å². The van der Waals surface area contributed by atoms with E-state index < -0.39 is 0 Å². The highest BCUT2D eigenvalue weighted by atomic mass is 32.1. The molecule has 106 valence electrons. The maximum Gasteiger partial charge on any atom is 0.104 e. The Bertz CT molecular complexity index is 810. The number of hydrogen-bond acceptors (Lipinski definition) is 1.